The number of fused-ring (bicyclic) bond motifs is 5. The Bertz CT molecular complexity index is 927. The maximum Gasteiger partial charge on any atom is 0.0542 e. The third-order valence-corrected chi connectivity index (χ3v) is 6.89. The summed E-state index contributed by atoms with van der Waals surface area (Å²) < 4.78 is 5.81. The van der Waals surface area contributed by atoms with Gasteiger partial charge in [0.25, 0.3) is 0 Å². The average molecular weight is 325 g/mol. The van der Waals surface area contributed by atoms with Crippen LogP contribution in [-0.2, 0) is 6.42 Å². The van der Waals surface area contributed by atoms with Crippen LogP contribution in [0.25, 0.3) is 29.6 Å². The number of hydrogen-bond acceptors (Lipinski definition) is 2. The van der Waals surface area contributed by atoms with E-state index in [0.717, 1.165) is 0 Å². The van der Waals surface area contributed by atoms with Gasteiger partial charge in [0, 0.05) is 20.2 Å². The van der Waals surface area contributed by atoms with Gasteiger partial charge in [0.1, 0.15) is 0 Å². The highest BCUT2D eigenvalue weighted by Gasteiger charge is 2.11. The summed E-state index contributed by atoms with van der Waals surface area (Å²) in [6, 6.07) is 15.9. The predicted molar refractivity (Wildman–Crippen MR) is 103 cm³/mol. The van der Waals surface area contributed by atoms with Gasteiger partial charge in [0.2, 0.25) is 0 Å². The van der Waals surface area contributed by atoms with Gasteiger partial charge in [-0.3, -0.25) is 0 Å². The van der Waals surface area contributed by atoms with Crippen molar-refractivity contribution in [2.24, 2.45) is 0 Å². The summed E-state index contributed by atoms with van der Waals surface area (Å²) in [6.45, 7) is 2.27. The largest absolute Gasteiger partial charge is 0.134 e. The molecule has 112 valence electrons. The highest BCUT2D eigenvalue weighted by molar-refractivity contribution is 7.36. The van der Waals surface area contributed by atoms with E-state index in [9.17, 15) is 0 Å². The van der Waals surface area contributed by atoms with Crippen LogP contribution in [-0.4, -0.2) is 0 Å². The van der Waals surface area contributed by atoms with Gasteiger partial charge < -0.3 is 0 Å². The Labute approximate surface area is 139 Å². The van der Waals surface area contributed by atoms with E-state index in [1.165, 1.54) is 67.2 Å². The molecule has 0 atom stereocenters. The molecular formula is C20H20S2. The summed E-state index contributed by atoms with van der Waals surface area (Å²) in [5, 5.41) is 2.87. The second kappa shape index (κ2) is 6.02. The zero-order chi connectivity index (χ0) is 14.9. The van der Waals surface area contributed by atoms with Crippen LogP contribution in [0.5, 0.6) is 0 Å². The van der Waals surface area contributed by atoms with Crippen LogP contribution in [0, 0.1) is 0 Å². The lowest BCUT2D eigenvalue weighted by Crippen LogP contribution is -1.85. The smallest absolute Gasteiger partial charge is 0.0542 e. The normalized spacial score (nSPS) is 11.9. The number of rotatable bonds is 5. The summed E-state index contributed by atoms with van der Waals surface area (Å²) in [7, 11) is 0. The van der Waals surface area contributed by atoms with Crippen molar-refractivity contribution < 1.29 is 0 Å². The first-order valence-electron chi connectivity index (χ1n) is 8.19. The zero-order valence-corrected chi connectivity index (χ0v) is 14.5. The maximum absolute atomic E-state index is 2.42. The third kappa shape index (κ3) is 2.45. The van der Waals surface area contributed by atoms with E-state index in [1.54, 1.807) is 0 Å². The Morgan fingerprint density at radius 3 is 2.41 bits per heavy atom. The van der Waals surface area contributed by atoms with Crippen LogP contribution in [0.15, 0.2) is 42.5 Å². The van der Waals surface area contributed by atoms with Crippen LogP contribution >= 0.6 is 22.7 Å². The van der Waals surface area contributed by atoms with Gasteiger partial charge in [-0.2, -0.15) is 0 Å². The second-order valence-electron chi connectivity index (χ2n) is 6.00. The van der Waals surface area contributed by atoms with E-state index in [0.29, 0.717) is 0 Å². The number of hydrogen-bond donors (Lipinski definition) is 0. The molecule has 4 rings (SSSR count). The lowest BCUT2D eigenvalue weighted by molar-refractivity contribution is 0.667. The molecule has 22 heavy (non-hydrogen) atoms. The molecule has 2 aromatic heterocycles. The van der Waals surface area contributed by atoms with Crippen molar-refractivity contribution in [2.45, 2.75) is 39.0 Å². The molecule has 0 unspecified atom stereocenters. The van der Waals surface area contributed by atoms with Crippen molar-refractivity contribution in [1.82, 2.24) is 0 Å². The topological polar surface area (TPSA) is 0 Å². The minimum Gasteiger partial charge on any atom is -0.134 e. The fraction of sp³-hybridized carbons (Fsp3) is 0.300. The van der Waals surface area contributed by atoms with Gasteiger partial charge in [-0.15, -0.1) is 22.7 Å². The molecule has 0 fully saturated rings. The highest BCUT2D eigenvalue weighted by atomic mass is 32.1. The van der Waals surface area contributed by atoms with Gasteiger partial charge in [-0.05, 0) is 30.5 Å². The van der Waals surface area contributed by atoms with E-state index >= 15 is 0 Å². The fourth-order valence-electron chi connectivity index (χ4n) is 3.16. The van der Waals surface area contributed by atoms with E-state index in [-0.39, 0.29) is 0 Å². The molecule has 0 nitrogen and oxygen atoms in total. The van der Waals surface area contributed by atoms with Gasteiger partial charge in [-0.25, -0.2) is 0 Å². The first-order valence-corrected chi connectivity index (χ1v) is 9.83. The molecule has 0 amide bonds. The average Bonchev–Trinajstić information content (AvgIpc) is 3.07. The first kappa shape index (κ1) is 14.2. The molecule has 2 heterocycles. The fourth-order valence-corrected chi connectivity index (χ4v) is 5.88. The van der Waals surface area contributed by atoms with E-state index < -0.39 is 0 Å². The molecule has 2 aromatic carbocycles. The Hall–Kier alpha value is -1.38. The monoisotopic (exact) mass is 324 g/mol. The van der Waals surface area contributed by atoms with Crippen LogP contribution in [0.1, 0.15) is 38.2 Å². The molecule has 0 aliphatic heterocycles. The van der Waals surface area contributed by atoms with Crippen molar-refractivity contribution in [2.75, 3.05) is 0 Å². The molecule has 2 heteroatoms. The molecular weight excluding hydrogens is 304 g/mol. The quantitative estimate of drug-likeness (QED) is 0.336. The summed E-state index contributed by atoms with van der Waals surface area (Å²) in [4.78, 5) is 0. The van der Waals surface area contributed by atoms with Crippen LogP contribution < -0.4 is 0 Å². The van der Waals surface area contributed by atoms with Gasteiger partial charge in [-0.1, -0.05) is 56.5 Å². The van der Waals surface area contributed by atoms with Crippen molar-refractivity contribution in [3.8, 4) is 0 Å². The molecule has 0 saturated heterocycles. The molecule has 0 radical (unpaired) electrons. The minimum atomic E-state index is 1.22. The van der Waals surface area contributed by atoms with Crippen molar-refractivity contribution in [3.05, 3.63) is 48.0 Å². The standard InChI is InChI=1S/C20H20S2/c1-2-3-4-5-8-14-11-12-16-18(13-14)22-19-15-9-6-7-10-17(15)21-20(16)19/h6-7,9-13H,2-5,8H2,1H3. The summed E-state index contributed by atoms with van der Waals surface area (Å²) in [5.74, 6) is 0. The Balaban J connectivity index is 1.72. The van der Waals surface area contributed by atoms with Gasteiger partial charge in [0.05, 0.1) is 9.40 Å². The van der Waals surface area contributed by atoms with Crippen LogP contribution in [0.3, 0.4) is 0 Å². The number of thiophene rings is 2. The highest BCUT2D eigenvalue weighted by Crippen LogP contribution is 2.44. The molecule has 0 saturated carbocycles. The van der Waals surface area contributed by atoms with E-state index in [4.69, 9.17) is 0 Å². The lowest BCUT2D eigenvalue weighted by atomic mass is 10.1. The molecule has 0 aliphatic rings. The summed E-state index contributed by atoms with van der Waals surface area (Å²) in [5.41, 5.74) is 1.50. The van der Waals surface area contributed by atoms with Crippen molar-refractivity contribution in [1.29, 1.82) is 0 Å². The molecule has 4 aromatic rings. The van der Waals surface area contributed by atoms with Crippen molar-refractivity contribution >= 4 is 52.2 Å². The SMILES string of the molecule is CCCCCCc1ccc2c(c1)sc1c3ccccc3sc21. The van der Waals surface area contributed by atoms with E-state index in [1.807, 2.05) is 22.7 Å². The Kier molecular flexibility index (Phi) is 3.89. The Morgan fingerprint density at radius 2 is 1.55 bits per heavy atom. The van der Waals surface area contributed by atoms with Gasteiger partial charge in [0.15, 0.2) is 0 Å². The number of aryl methyl sites for hydroxylation is 1. The Morgan fingerprint density at radius 1 is 0.773 bits per heavy atom. The second-order valence-corrected chi connectivity index (χ2v) is 8.10. The number of unbranched alkanes of at least 4 members (excludes halogenated alkanes) is 3. The first-order chi connectivity index (χ1) is 10.9. The van der Waals surface area contributed by atoms with Crippen LogP contribution in [0.2, 0.25) is 0 Å². The van der Waals surface area contributed by atoms with E-state index in [2.05, 4.69) is 49.4 Å². The number of benzene rings is 2. The summed E-state index contributed by atoms with van der Waals surface area (Å²) in [6.07, 6.45) is 6.58. The zero-order valence-electron chi connectivity index (χ0n) is 12.9. The lowest BCUT2D eigenvalue weighted by Gasteiger charge is -2.01. The summed E-state index contributed by atoms with van der Waals surface area (Å²) >= 11 is 3.90. The van der Waals surface area contributed by atoms with Crippen LogP contribution in [0.4, 0.5) is 0 Å². The predicted octanol–water partition coefficient (Wildman–Crippen LogP) is 7.39. The van der Waals surface area contributed by atoms with Crippen molar-refractivity contribution in [3.63, 3.8) is 0 Å². The molecule has 0 N–H and O–H groups in total. The molecule has 0 aliphatic carbocycles. The third-order valence-electron chi connectivity index (χ3n) is 4.37. The maximum atomic E-state index is 2.42. The van der Waals surface area contributed by atoms with Gasteiger partial charge >= 0.3 is 0 Å². The molecule has 0 bridgehead atoms. The minimum absolute atomic E-state index is 1.22. The molecule has 0 spiro atoms.